The minimum Gasteiger partial charge on any atom is -0.0619 e. The van der Waals surface area contributed by atoms with Gasteiger partial charge in [-0.1, -0.05) is 37.3 Å². The van der Waals surface area contributed by atoms with E-state index in [1.807, 2.05) is 0 Å². The second kappa shape index (κ2) is 3.73. The molecule has 0 N–H and O–H groups in total. The molecule has 0 nitrogen and oxygen atoms in total. The van der Waals surface area contributed by atoms with Crippen LogP contribution >= 0.6 is 0 Å². The summed E-state index contributed by atoms with van der Waals surface area (Å²) in [6, 6.07) is 11.2. The molecule has 17 heavy (non-hydrogen) atoms. The molecular weight excluding hydrogens is 204 g/mol. The van der Waals surface area contributed by atoms with E-state index in [1.54, 1.807) is 11.1 Å². The van der Waals surface area contributed by atoms with Crippen LogP contribution in [0.3, 0.4) is 0 Å². The van der Waals surface area contributed by atoms with Gasteiger partial charge in [0.25, 0.3) is 0 Å². The van der Waals surface area contributed by atoms with Crippen molar-refractivity contribution >= 4 is 0 Å². The number of hydrogen-bond acceptors (Lipinski definition) is 0. The molecule has 0 spiro atoms. The molecule has 1 aliphatic rings. The maximum Gasteiger partial charge on any atom is -0.00106 e. The number of hydrogen-bond donors (Lipinski definition) is 0. The smallest absolute Gasteiger partial charge is 0.00106 e. The van der Waals surface area contributed by atoms with E-state index in [-0.39, 0.29) is 0 Å². The minimum atomic E-state index is 1.12. The van der Waals surface area contributed by atoms with Gasteiger partial charge in [-0.2, -0.15) is 0 Å². The molecule has 1 aliphatic carbocycles. The molecular formula is C17H18. The highest BCUT2D eigenvalue weighted by molar-refractivity contribution is 5.79. The van der Waals surface area contributed by atoms with E-state index in [4.69, 9.17) is 0 Å². The summed E-state index contributed by atoms with van der Waals surface area (Å²) in [5.74, 6) is 0. The summed E-state index contributed by atoms with van der Waals surface area (Å²) >= 11 is 0. The monoisotopic (exact) mass is 222 g/mol. The molecule has 2 aromatic carbocycles. The van der Waals surface area contributed by atoms with Gasteiger partial charge in [-0.15, -0.1) is 0 Å². The van der Waals surface area contributed by atoms with Crippen LogP contribution in [0.5, 0.6) is 0 Å². The number of fused-ring (bicyclic) bond motifs is 3. The maximum atomic E-state index is 2.37. The Morgan fingerprint density at radius 1 is 1.06 bits per heavy atom. The van der Waals surface area contributed by atoms with E-state index in [2.05, 4.69) is 51.1 Å². The average molecular weight is 222 g/mol. The first-order valence-electron chi connectivity index (χ1n) is 6.42. The molecule has 0 bridgehead atoms. The highest BCUT2D eigenvalue weighted by Crippen LogP contribution is 2.40. The Balaban J connectivity index is 2.32. The molecule has 0 atom stereocenters. The Morgan fingerprint density at radius 3 is 2.59 bits per heavy atom. The van der Waals surface area contributed by atoms with Gasteiger partial charge < -0.3 is 0 Å². The fourth-order valence-electron chi connectivity index (χ4n) is 3.09. The van der Waals surface area contributed by atoms with Gasteiger partial charge in [0.2, 0.25) is 0 Å². The summed E-state index contributed by atoms with van der Waals surface area (Å²) in [6.07, 6.45) is 2.26. The molecule has 0 unspecified atom stereocenters. The van der Waals surface area contributed by atoms with Crippen molar-refractivity contribution in [2.45, 2.75) is 33.6 Å². The zero-order valence-corrected chi connectivity index (χ0v) is 10.8. The minimum absolute atomic E-state index is 1.12. The number of rotatable bonds is 1. The third kappa shape index (κ3) is 1.44. The van der Waals surface area contributed by atoms with Crippen LogP contribution in [0.15, 0.2) is 30.3 Å². The molecule has 0 fully saturated rings. The van der Waals surface area contributed by atoms with Crippen LogP contribution in [-0.2, 0) is 12.8 Å². The first-order valence-corrected chi connectivity index (χ1v) is 6.42. The van der Waals surface area contributed by atoms with Gasteiger partial charge in [0.1, 0.15) is 0 Å². The summed E-state index contributed by atoms with van der Waals surface area (Å²) in [5.41, 5.74) is 10.5. The van der Waals surface area contributed by atoms with Gasteiger partial charge in [-0.05, 0) is 65.6 Å². The lowest BCUT2D eigenvalue weighted by Crippen LogP contribution is -1.97. The maximum absolute atomic E-state index is 2.37. The van der Waals surface area contributed by atoms with Crippen molar-refractivity contribution in [3.8, 4) is 11.1 Å². The molecule has 2 aromatic rings. The summed E-state index contributed by atoms with van der Waals surface area (Å²) in [5, 5.41) is 0. The third-order valence-electron chi connectivity index (χ3n) is 4.12. The second-order valence-corrected chi connectivity index (χ2v) is 5.01. The van der Waals surface area contributed by atoms with E-state index in [1.165, 1.54) is 27.8 Å². The fourth-order valence-corrected chi connectivity index (χ4v) is 3.09. The van der Waals surface area contributed by atoms with Gasteiger partial charge in [-0.3, -0.25) is 0 Å². The molecule has 0 radical (unpaired) electrons. The first kappa shape index (κ1) is 10.6. The standard InChI is InChI=1S/C17H18/c1-4-14-12(3)11(2)9-16-15-8-6-5-7-13(15)10-17(14)16/h5-9H,4,10H2,1-3H3. The van der Waals surface area contributed by atoms with E-state index in [0.717, 1.165) is 12.8 Å². The predicted molar refractivity (Wildman–Crippen MR) is 73.5 cm³/mol. The first-order chi connectivity index (χ1) is 8.22. The van der Waals surface area contributed by atoms with Crippen LogP contribution in [0, 0.1) is 13.8 Å². The topological polar surface area (TPSA) is 0 Å². The Kier molecular flexibility index (Phi) is 2.32. The van der Waals surface area contributed by atoms with Gasteiger partial charge >= 0.3 is 0 Å². The van der Waals surface area contributed by atoms with Crippen LogP contribution in [0.2, 0.25) is 0 Å². The van der Waals surface area contributed by atoms with Gasteiger partial charge in [0.15, 0.2) is 0 Å². The summed E-state index contributed by atoms with van der Waals surface area (Å²) in [6.45, 7) is 6.76. The lowest BCUT2D eigenvalue weighted by atomic mass is 9.92. The Bertz CT molecular complexity index is 591. The molecule has 0 amide bonds. The van der Waals surface area contributed by atoms with Crippen molar-refractivity contribution in [1.82, 2.24) is 0 Å². The van der Waals surface area contributed by atoms with Gasteiger partial charge in [0, 0.05) is 0 Å². The molecule has 0 aromatic heterocycles. The van der Waals surface area contributed by atoms with Crippen molar-refractivity contribution in [2.75, 3.05) is 0 Å². The van der Waals surface area contributed by atoms with Crippen molar-refractivity contribution < 1.29 is 0 Å². The third-order valence-corrected chi connectivity index (χ3v) is 4.12. The molecule has 0 heteroatoms. The van der Waals surface area contributed by atoms with Crippen molar-refractivity contribution in [3.05, 3.63) is 58.1 Å². The van der Waals surface area contributed by atoms with E-state index in [9.17, 15) is 0 Å². The van der Waals surface area contributed by atoms with Crippen LogP contribution in [0.25, 0.3) is 11.1 Å². The van der Waals surface area contributed by atoms with Gasteiger partial charge in [0.05, 0.1) is 0 Å². The van der Waals surface area contributed by atoms with Crippen LogP contribution in [0.4, 0.5) is 0 Å². The predicted octanol–water partition coefficient (Wildman–Crippen LogP) is 4.44. The zero-order chi connectivity index (χ0) is 12.0. The van der Waals surface area contributed by atoms with E-state index >= 15 is 0 Å². The Hall–Kier alpha value is -1.56. The van der Waals surface area contributed by atoms with E-state index in [0.29, 0.717) is 0 Å². The molecule has 0 heterocycles. The Labute approximate surface area is 103 Å². The molecule has 3 rings (SSSR count). The molecule has 86 valence electrons. The molecule has 0 saturated carbocycles. The number of aryl methyl sites for hydroxylation is 1. The highest BCUT2D eigenvalue weighted by atomic mass is 14.3. The normalized spacial score (nSPS) is 12.4. The zero-order valence-electron chi connectivity index (χ0n) is 10.8. The van der Waals surface area contributed by atoms with Crippen molar-refractivity contribution in [1.29, 1.82) is 0 Å². The van der Waals surface area contributed by atoms with Crippen molar-refractivity contribution in [3.63, 3.8) is 0 Å². The average Bonchev–Trinajstić information content (AvgIpc) is 2.69. The van der Waals surface area contributed by atoms with Crippen LogP contribution < -0.4 is 0 Å². The summed E-state index contributed by atoms with van der Waals surface area (Å²) in [4.78, 5) is 0. The Morgan fingerprint density at radius 2 is 1.82 bits per heavy atom. The summed E-state index contributed by atoms with van der Waals surface area (Å²) in [7, 11) is 0. The fraction of sp³-hybridized carbons (Fsp3) is 0.294. The molecule has 0 saturated heterocycles. The SMILES string of the molecule is CCc1c(C)c(C)cc2c1Cc1ccccc1-2. The second-order valence-electron chi connectivity index (χ2n) is 5.01. The van der Waals surface area contributed by atoms with E-state index < -0.39 is 0 Å². The largest absolute Gasteiger partial charge is 0.0619 e. The van der Waals surface area contributed by atoms with Crippen molar-refractivity contribution in [2.24, 2.45) is 0 Å². The van der Waals surface area contributed by atoms with Gasteiger partial charge in [-0.25, -0.2) is 0 Å². The lowest BCUT2D eigenvalue weighted by molar-refractivity contribution is 1.05. The lowest BCUT2D eigenvalue weighted by Gasteiger charge is -2.13. The highest BCUT2D eigenvalue weighted by Gasteiger charge is 2.21. The van der Waals surface area contributed by atoms with Crippen LogP contribution in [0.1, 0.15) is 34.7 Å². The summed E-state index contributed by atoms with van der Waals surface area (Å²) < 4.78 is 0. The quantitative estimate of drug-likeness (QED) is 0.571. The number of benzene rings is 2. The molecule has 0 aliphatic heterocycles. The van der Waals surface area contributed by atoms with Crippen LogP contribution in [-0.4, -0.2) is 0 Å².